The number of hydrogen-bond acceptors (Lipinski definition) is 5. The van der Waals surface area contributed by atoms with E-state index in [4.69, 9.17) is 5.26 Å². The summed E-state index contributed by atoms with van der Waals surface area (Å²) in [6.45, 7) is 4.74. The summed E-state index contributed by atoms with van der Waals surface area (Å²) in [7, 11) is -1.85. The second-order valence-electron chi connectivity index (χ2n) is 6.50. The molecule has 0 radical (unpaired) electrons. The van der Waals surface area contributed by atoms with Crippen LogP contribution < -0.4 is 0 Å². The quantitative estimate of drug-likeness (QED) is 0.784. The van der Waals surface area contributed by atoms with E-state index < -0.39 is 10.0 Å². The molecule has 2 heterocycles. The Morgan fingerprint density at radius 2 is 1.70 bits per heavy atom. The third-order valence-corrected chi connectivity index (χ3v) is 6.78. The van der Waals surface area contributed by atoms with Crippen molar-refractivity contribution in [2.45, 2.75) is 18.7 Å². The third kappa shape index (κ3) is 3.46. The zero-order chi connectivity index (χ0) is 19.8. The van der Waals surface area contributed by atoms with Crippen LogP contribution >= 0.6 is 0 Å². The summed E-state index contributed by atoms with van der Waals surface area (Å²) in [5.74, 6) is -0.117. The van der Waals surface area contributed by atoms with E-state index in [1.165, 1.54) is 28.6 Å². The van der Waals surface area contributed by atoms with E-state index in [9.17, 15) is 13.2 Å². The van der Waals surface area contributed by atoms with Gasteiger partial charge in [-0.05, 0) is 38.1 Å². The number of carbonyl (C=O) groups is 1. The number of rotatable bonds is 3. The first-order valence-electron chi connectivity index (χ1n) is 8.55. The van der Waals surface area contributed by atoms with Crippen molar-refractivity contribution < 1.29 is 13.2 Å². The number of piperazine rings is 1. The number of hydrogen-bond donors (Lipinski definition) is 0. The van der Waals surface area contributed by atoms with Crippen LogP contribution in [0.1, 0.15) is 27.3 Å². The molecule has 1 amide bonds. The number of carbonyl (C=O) groups excluding carboxylic acids is 1. The number of sulfonamides is 1. The second-order valence-corrected chi connectivity index (χ2v) is 8.44. The predicted octanol–water partition coefficient (Wildman–Crippen LogP) is 1.06. The summed E-state index contributed by atoms with van der Waals surface area (Å²) >= 11 is 0. The third-order valence-electron chi connectivity index (χ3n) is 4.87. The van der Waals surface area contributed by atoms with Crippen LogP contribution in [-0.2, 0) is 17.1 Å². The van der Waals surface area contributed by atoms with E-state index in [2.05, 4.69) is 5.10 Å². The van der Waals surface area contributed by atoms with Gasteiger partial charge in [-0.1, -0.05) is 0 Å². The van der Waals surface area contributed by atoms with Crippen molar-refractivity contribution in [1.82, 2.24) is 19.0 Å². The van der Waals surface area contributed by atoms with Crippen LogP contribution in [0.5, 0.6) is 0 Å². The molecule has 0 bridgehead atoms. The average molecular weight is 387 g/mol. The molecule has 27 heavy (non-hydrogen) atoms. The second kappa shape index (κ2) is 7.13. The van der Waals surface area contributed by atoms with Crippen LogP contribution in [0.2, 0.25) is 0 Å². The van der Waals surface area contributed by atoms with Crippen molar-refractivity contribution in [3.63, 3.8) is 0 Å². The first kappa shape index (κ1) is 19.1. The first-order chi connectivity index (χ1) is 12.8. The monoisotopic (exact) mass is 387 g/mol. The average Bonchev–Trinajstić information content (AvgIpc) is 2.93. The molecule has 8 nitrogen and oxygen atoms in total. The normalized spacial score (nSPS) is 15.6. The molecule has 9 heteroatoms. The van der Waals surface area contributed by atoms with Crippen molar-refractivity contribution in [1.29, 1.82) is 5.26 Å². The summed E-state index contributed by atoms with van der Waals surface area (Å²) < 4.78 is 28.6. The molecule has 1 aromatic carbocycles. The van der Waals surface area contributed by atoms with E-state index >= 15 is 0 Å². The Morgan fingerprint density at radius 1 is 1.11 bits per heavy atom. The molecule has 0 spiro atoms. The van der Waals surface area contributed by atoms with Crippen molar-refractivity contribution in [3.8, 4) is 6.07 Å². The molecule has 1 aromatic heterocycles. The highest BCUT2D eigenvalue weighted by Crippen LogP contribution is 2.20. The number of aromatic nitrogens is 2. The lowest BCUT2D eigenvalue weighted by atomic mass is 10.1. The fourth-order valence-corrected chi connectivity index (χ4v) is 4.65. The molecule has 3 rings (SSSR count). The van der Waals surface area contributed by atoms with Gasteiger partial charge >= 0.3 is 0 Å². The molecule has 0 saturated carbocycles. The molecule has 2 aromatic rings. The molecule has 1 fully saturated rings. The van der Waals surface area contributed by atoms with Crippen molar-refractivity contribution in [2.75, 3.05) is 26.2 Å². The van der Waals surface area contributed by atoms with E-state index in [-0.39, 0.29) is 23.9 Å². The molecule has 1 aliphatic rings. The number of nitriles is 1. The van der Waals surface area contributed by atoms with Crippen LogP contribution in [-0.4, -0.2) is 59.5 Å². The topological polar surface area (TPSA) is 99.3 Å². The fourth-order valence-electron chi connectivity index (χ4n) is 3.22. The first-order valence-corrected chi connectivity index (χ1v) is 9.99. The zero-order valence-electron chi connectivity index (χ0n) is 15.5. The highest BCUT2D eigenvalue weighted by molar-refractivity contribution is 7.89. The Morgan fingerprint density at radius 3 is 2.19 bits per heavy atom. The van der Waals surface area contributed by atoms with Crippen LogP contribution in [0.3, 0.4) is 0 Å². The maximum Gasteiger partial charge on any atom is 0.257 e. The Labute approximate surface area is 158 Å². The minimum Gasteiger partial charge on any atom is -0.336 e. The van der Waals surface area contributed by atoms with E-state index in [0.717, 1.165) is 5.69 Å². The van der Waals surface area contributed by atoms with Crippen molar-refractivity contribution in [3.05, 3.63) is 46.8 Å². The van der Waals surface area contributed by atoms with Gasteiger partial charge in [-0.25, -0.2) is 8.42 Å². The Balaban J connectivity index is 1.72. The maximum atomic E-state index is 12.8. The largest absolute Gasteiger partial charge is 0.336 e. The summed E-state index contributed by atoms with van der Waals surface area (Å²) in [5.41, 5.74) is 2.46. The summed E-state index contributed by atoms with van der Waals surface area (Å²) in [6, 6.07) is 7.82. The van der Waals surface area contributed by atoms with Gasteiger partial charge in [0.05, 0.1) is 27.8 Å². The molecule has 0 unspecified atom stereocenters. The number of benzene rings is 1. The van der Waals surface area contributed by atoms with Gasteiger partial charge in [0, 0.05) is 38.9 Å². The van der Waals surface area contributed by atoms with Gasteiger partial charge in [0.25, 0.3) is 5.91 Å². The minimum absolute atomic E-state index is 0.117. The molecular weight excluding hydrogens is 366 g/mol. The van der Waals surface area contributed by atoms with Gasteiger partial charge in [0.15, 0.2) is 0 Å². The summed E-state index contributed by atoms with van der Waals surface area (Å²) in [6.07, 6.45) is 0. The van der Waals surface area contributed by atoms with Crippen molar-refractivity contribution >= 4 is 15.9 Å². The molecular formula is C18H21N5O3S. The fraction of sp³-hybridized carbons (Fsp3) is 0.389. The minimum atomic E-state index is -3.64. The van der Waals surface area contributed by atoms with Gasteiger partial charge in [-0.3, -0.25) is 9.48 Å². The van der Waals surface area contributed by atoms with Gasteiger partial charge in [-0.15, -0.1) is 0 Å². The van der Waals surface area contributed by atoms with Gasteiger partial charge in [0.2, 0.25) is 10.0 Å². The predicted molar refractivity (Wildman–Crippen MR) is 98.5 cm³/mol. The summed E-state index contributed by atoms with van der Waals surface area (Å²) in [4.78, 5) is 14.6. The molecule has 1 saturated heterocycles. The lowest BCUT2D eigenvalue weighted by Crippen LogP contribution is -2.50. The maximum absolute atomic E-state index is 12.8. The lowest BCUT2D eigenvalue weighted by Gasteiger charge is -2.34. The molecule has 142 valence electrons. The van der Waals surface area contributed by atoms with Gasteiger partial charge < -0.3 is 4.90 Å². The molecule has 0 N–H and O–H groups in total. The lowest BCUT2D eigenvalue weighted by molar-refractivity contribution is 0.0696. The summed E-state index contributed by atoms with van der Waals surface area (Å²) in [5, 5.41) is 13.1. The number of amides is 1. The van der Waals surface area contributed by atoms with Crippen molar-refractivity contribution in [2.24, 2.45) is 7.05 Å². The van der Waals surface area contributed by atoms with Crippen LogP contribution in [0.4, 0.5) is 0 Å². The van der Waals surface area contributed by atoms with Crippen LogP contribution in [0.25, 0.3) is 0 Å². The van der Waals surface area contributed by atoms with Gasteiger partial charge in [-0.2, -0.15) is 14.7 Å². The van der Waals surface area contributed by atoms with E-state index in [0.29, 0.717) is 29.9 Å². The van der Waals surface area contributed by atoms with E-state index in [1.54, 1.807) is 23.6 Å². The molecule has 0 aliphatic carbocycles. The Bertz CT molecular complexity index is 1010. The zero-order valence-corrected chi connectivity index (χ0v) is 16.3. The highest BCUT2D eigenvalue weighted by Gasteiger charge is 2.32. The van der Waals surface area contributed by atoms with Crippen LogP contribution in [0, 0.1) is 25.2 Å². The smallest absolute Gasteiger partial charge is 0.257 e. The SMILES string of the molecule is Cc1nn(C)c(C)c1C(=O)N1CCN(S(=O)(=O)c2ccc(C#N)cc2)CC1. The highest BCUT2D eigenvalue weighted by atomic mass is 32.2. The Hall–Kier alpha value is -2.70. The van der Waals surface area contributed by atoms with E-state index in [1.807, 2.05) is 13.0 Å². The Kier molecular flexibility index (Phi) is 5.04. The number of nitrogens with zero attached hydrogens (tertiary/aromatic N) is 5. The number of aryl methyl sites for hydroxylation is 2. The molecule has 0 atom stereocenters. The van der Waals surface area contributed by atoms with Gasteiger partial charge in [0.1, 0.15) is 0 Å². The molecule has 1 aliphatic heterocycles. The van der Waals surface area contributed by atoms with Crippen LogP contribution in [0.15, 0.2) is 29.2 Å². The standard InChI is InChI=1S/C18H21N5O3S/c1-13-17(14(2)21(3)20-13)18(24)22-8-10-23(11-9-22)27(25,26)16-6-4-15(12-19)5-7-16/h4-7H,8-11H2,1-3H3.